The summed E-state index contributed by atoms with van der Waals surface area (Å²) < 4.78 is 27.4. The first-order valence-corrected chi connectivity index (χ1v) is 9.59. The van der Waals surface area contributed by atoms with E-state index in [0.29, 0.717) is 11.4 Å². The Bertz CT molecular complexity index is 772. The molecule has 0 saturated carbocycles. The molecule has 0 unspecified atom stereocenters. The van der Waals surface area contributed by atoms with Gasteiger partial charge in [0.1, 0.15) is 4.90 Å². The number of aromatic nitrogens is 4. The van der Waals surface area contributed by atoms with E-state index in [1.54, 1.807) is 19.9 Å². The zero-order valence-corrected chi connectivity index (χ0v) is 14.7. The van der Waals surface area contributed by atoms with Crippen LogP contribution in [-0.2, 0) is 10.0 Å². The van der Waals surface area contributed by atoms with E-state index in [-0.39, 0.29) is 10.7 Å². The molecule has 0 spiro atoms. The van der Waals surface area contributed by atoms with Gasteiger partial charge in [-0.3, -0.25) is 9.82 Å². The highest BCUT2D eigenvalue weighted by Gasteiger charge is 2.23. The summed E-state index contributed by atoms with van der Waals surface area (Å²) in [5.74, 6) is 0.990. The maximum absolute atomic E-state index is 12.5. The van der Waals surface area contributed by atoms with Crippen molar-refractivity contribution in [2.24, 2.45) is 0 Å². The van der Waals surface area contributed by atoms with Gasteiger partial charge in [-0.15, -0.1) is 10.2 Å². The smallest absolute Gasteiger partial charge is 0.266 e. The van der Waals surface area contributed by atoms with Crippen LogP contribution >= 0.6 is 0 Å². The molecule has 0 amide bonds. The predicted octanol–water partition coefficient (Wildman–Crippen LogP) is 2.00. The lowest BCUT2D eigenvalue weighted by atomic mass is 10.2. The highest BCUT2D eigenvalue weighted by molar-refractivity contribution is 7.92. The van der Waals surface area contributed by atoms with E-state index < -0.39 is 10.0 Å². The number of aryl methyl sites for hydroxylation is 2. The molecule has 0 radical (unpaired) electrons. The molecule has 2 N–H and O–H groups in total. The van der Waals surface area contributed by atoms with Crippen molar-refractivity contribution in [3.8, 4) is 0 Å². The van der Waals surface area contributed by atoms with Crippen LogP contribution in [0.25, 0.3) is 0 Å². The first-order chi connectivity index (χ1) is 11.5. The predicted molar refractivity (Wildman–Crippen MR) is 91.6 cm³/mol. The van der Waals surface area contributed by atoms with Crippen LogP contribution in [0.5, 0.6) is 0 Å². The monoisotopic (exact) mass is 350 g/mol. The standard InChI is InChI=1S/C15H22N6O2S/c1-11-15(12(2)17-16-11)24(22,23)20-13-7-8-14(19-18-13)21-9-5-3-4-6-10-21/h7-8H,3-6,9-10H2,1-2H3,(H,16,17)(H,18,20). The summed E-state index contributed by atoms with van der Waals surface area (Å²) >= 11 is 0. The maximum Gasteiger partial charge on any atom is 0.266 e. The summed E-state index contributed by atoms with van der Waals surface area (Å²) in [6.45, 7) is 5.25. The SMILES string of the molecule is Cc1n[nH]c(C)c1S(=O)(=O)Nc1ccc(N2CCCCCC2)nn1. The van der Waals surface area contributed by atoms with Crippen molar-refractivity contribution in [2.45, 2.75) is 44.4 Å². The molecule has 8 nitrogen and oxygen atoms in total. The summed E-state index contributed by atoms with van der Waals surface area (Å²) in [7, 11) is -3.73. The number of hydrogen-bond acceptors (Lipinski definition) is 6. The largest absolute Gasteiger partial charge is 0.355 e. The van der Waals surface area contributed by atoms with Gasteiger partial charge in [0.2, 0.25) is 0 Å². The third-order valence-electron chi connectivity index (χ3n) is 4.15. The summed E-state index contributed by atoms with van der Waals surface area (Å²) in [6.07, 6.45) is 4.78. The third kappa shape index (κ3) is 3.50. The van der Waals surface area contributed by atoms with Crippen LogP contribution in [0.2, 0.25) is 0 Å². The van der Waals surface area contributed by atoms with E-state index in [0.717, 1.165) is 31.7 Å². The number of rotatable bonds is 4. The number of nitrogens with zero attached hydrogens (tertiary/aromatic N) is 4. The topological polar surface area (TPSA) is 104 Å². The Kier molecular flexibility index (Phi) is 4.70. The molecule has 0 atom stereocenters. The Hall–Kier alpha value is -2.16. The van der Waals surface area contributed by atoms with Crippen LogP contribution < -0.4 is 9.62 Å². The van der Waals surface area contributed by atoms with E-state index in [4.69, 9.17) is 0 Å². The van der Waals surface area contributed by atoms with Crippen LogP contribution in [-0.4, -0.2) is 41.9 Å². The number of hydrogen-bond donors (Lipinski definition) is 2. The van der Waals surface area contributed by atoms with Crippen molar-refractivity contribution >= 4 is 21.7 Å². The molecule has 0 aliphatic carbocycles. The average Bonchev–Trinajstić information content (AvgIpc) is 2.76. The lowest BCUT2D eigenvalue weighted by Gasteiger charge is -2.20. The van der Waals surface area contributed by atoms with Gasteiger partial charge in [0.15, 0.2) is 11.6 Å². The second-order valence-corrected chi connectivity index (χ2v) is 7.67. The van der Waals surface area contributed by atoms with Gasteiger partial charge in [0.25, 0.3) is 10.0 Å². The number of sulfonamides is 1. The normalized spacial score (nSPS) is 16.0. The molecule has 3 heterocycles. The first-order valence-electron chi connectivity index (χ1n) is 8.10. The van der Waals surface area contributed by atoms with Crippen LogP contribution in [0.15, 0.2) is 17.0 Å². The van der Waals surface area contributed by atoms with Gasteiger partial charge in [-0.25, -0.2) is 8.42 Å². The van der Waals surface area contributed by atoms with Crippen molar-refractivity contribution in [3.05, 3.63) is 23.5 Å². The molecular weight excluding hydrogens is 328 g/mol. The summed E-state index contributed by atoms with van der Waals surface area (Å²) in [6, 6.07) is 3.46. The fraction of sp³-hybridized carbons (Fsp3) is 0.533. The lowest BCUT2D eigenvalue weighted by molar-refractivity contribution is 0.600. The molecule has 9 heteroatoms. The molecular formula is C15H22N6O2S. The van der Waals surface area contributed by atoms with Gasteiger partial charge in [-0.2, -0.15) is 5.10 Å². The zero-order valence-electron chi connectivity index (χ0n) is 13.9. The Morgan fingerprint density at radius 1 is 1.08 bits per heavy atom. The van der Waals surface area contributed by atoms with Gasteiger partial charge in [0.05, 0.1) is 11.4 Å². The molecule has 0 aromatic carbocycles. The summed E-state index contributed by atoms with van der Waals surface area (Å²) in [4.78, 5) is 2.35. The fourth-order valence-electron chi connectivity index (χ4n) is 2.97. The molecule has 130 valence electrons. The summed E-state index contributed by atoms with van der Waals surface area (Å²) in [5.41, 5.74) is 0.920. The minimum absolute atomic E-state index is 0.154. The van der Waals surface area contributed by atoms with Gasteiger partial charge < -0.3 is 4.90 Å². The van der Waals surface area contributed by atoms with Crippen molar-refractivity contribution in [1.29, 1.82) is 0 Å². The highest BCUT2D eigenvalue weighted by atomic mass is 32.2. The van der Waals surface area contributed by atoms with E-state index in [9.17, 15) is 8.42 Å². The molecule has 24 heavy (non-hydrogen) atoms. The highest BCUT2D eigenvalue weighted by Crippen LogP contribution is 2.21. The second-order valence-electron chi connectivity index (χ2n) is 6.05. The van der Waals surface area contributed by atoms with Crippen molar-refractivity contribution in [2.75, 3.05) is 22.7 Å². The minimum Gasteiger partial charge on any atom is -0.355 e. The van der Waals surface area contributed by atoms with Crippen molar-refractivity contribution < 1.29 is 8.42 Å². The van der Waals surface area contributed by atoms with Gasteiger partial charge in [-0.1, -0.05) is 12.8 Å². The van der Waals surface area contributed by atoms with Crippen molar-refractivity contribution in [3.63, 3.8) is 0 Å². The zero-order chi connectivity index (χ0) is 17.2. The summed E-state index contributed by atoms with van der Waals surface area (Å²) in [5, 5.41) is 14.8. The minimum atomic E-state index is -3.73. The van der Waals surface area contributed by atoms with E-state index >= 15 is 0 Å². The molecule has 1 fully saturated rings. The lowest BCUT2D eigenvalue weighted by Crippen LogP contribution is -2.25. The van der Waals surface area contributed by atoms with E-state index in [2.05, 4.69) is 30.0 Å². The molecule has 2 aromatic rings. The van der Waals surface area contributed by atoms with Crippen LogP contribution in [0.4, 0.5) is 11.6 Å². The van der Waals surface area contributed by atoms with Gasteiger partial charge in [-0.05, 0) is 38.8 Å². The molecule has 0 bridgehead atoms. The maximum atomic E-state index is 12.5. The van der Waals surface area contributed by atoms with Crippen LogP contribution in [0.1, 0.15) is 37.1 Å². The van der Waals surface area contributed by atoms with Crippen molar-refractivity contribution in [1.82, 2.24) is 20.4 Å². The average molecular weight is 350 g/mol. The van der Waals surface area contributed by atoms with Crippen LogP contribution in [0.3, 0.4) is 0 Å². The quantitative estimate of drug-likeness (QED) is 0.874. The number of aromatic amines is 1. The molecule has 3 rings (SSSR count). The number of anilines is 2. The van der Waals surface area contributed by atoms with E-state index in [1.165, 1.54) is 12.8 Å². The Labute approximate surface area is 141 Å². The van der Waals surface area contributed by atoms with Gasteiger partial charge >= 0.3 is 0 Å². The molecule has 2 aromatic heterocycles. The third-order valence-corrected chi connectivity index (χ3v) is 5.77. The Morgan fingerprint density at radius 2 is 1.79 bits per heavy atom. The van der Waals surface area contributed by atoms with E-state index in [1.807, 2.05) is 6.07 Å². The Morgan fingerprint density at radius 3 is 2.33 bits per heavy atom. The number of nitrogens with one attached hydrogen (secondary N) is 2. The van der Waals surface area contributed by atoms with Crippen LogP contribution in [0, 0.1) is 13.8 Å². The molecule has 1 aliphatic heterocycles. The Balaban J connectivity index is 1.76. The van der Waals surface area contributed by atoms with Gasteiger partial charge in [0, 0.05) is 13.1 Å². The first kappa shape index (κ1) is 16.7. The molecule has 1 aliphatic rings. The fourth-order valence-corrected chi connectivity index (χ4v) is 4.34. The number of H-pyrrole nitrogens is 1. The second kappa shape index (κ2) is 6.76. The molecule has 1 saturated heterocycles.